The summed E-state index contributed by atoms with van der Waals surface area (Å²) in [6.07, 6.45) is 1.84. The molecule has 0 unspecified atom stereocenters. The lowest BCUT2D eigenvalue weighted by Gasteiger charge is -2.31. The van der Waals surface area contributed by atoms with Crippen LogP contribution in [0.1, 0.15) is 37.5 Å². The van der Waals surface area contributed by atoms with Gasteiger partial charge in [-0.15, -0.1) is 0 Å². The zero-order valence-electron chi connectivity index (χ0n) is 15.0. The summed E-state index contributed by atoms with van der Waals surface area (Å²) in [6.45, 7) is 12.1. The van der Waals surface area contributed by atoms with E-state index in [1.165, 1.54) is 0 Å². The SMILES string of the molecule is C=C(C)c1cccc2c1ncn2C1=NC(C)(C)Oc2c(C)cccc21. The molecular weight excluding hydrogens is 310 g/mol. The summed E-state index contributed by atoms with van der Waals surface area (Å²) >= 11 is 0. The van der Waals surface area contributed by atoms with Crippen LogP contribution in [0.2, 0.25) is 0 Å². The molecule has 0 fully saturated rings. The van der Waals surface area contributed by atoms with Crippen LogP contribution >= 0.6 is 0 Å². The molecule has 0 bridgehead atoms. The quantitative estimate of drug-likeness (QED) is 0.642. The molecule has 1 aliphatic rings. The first-order chi connectivity index (χ1) is 11.9. The molecule has 1 aromatic heterocycles. The highest BCUT2D eigenvalue weighted by atomic mass is 16.5. The summed E-state index contributed by atoms with van der Waals surface area (Å²) in [5.74, 6) is 1.74. The third kappa shape index (κ3) is 2.45. The lowest BCUT2D eigenvalue weighted by molar-refractivity contribution is 0.113. The number of imidazole rings is 1. The first-order valence-electron chi connectivity index (χ1n) is 8.38. The monoisotopic (exact) mass is 331 g/mol. The number of allylic oxidation sites excluding steroid dienone is 1. The number of hydrogen-bond acceptors (Lipinski definition) is 3. The Bertz CT molecular complexity index is 1040. The summed E-state index contributed by atoms with van der Waals surface area (Å²) in [6, 6.07) is 12.3. The third-order valence-electron chi connectivity index (χ3n) is 4.44. The number of aromatic nitrogens is 2. The Labute approximate surface area is 147 Å². The van der Waals surface area contributed by atoms with Gasteiger partial charge in [0.1, 0.15) is 17.9 Å². The third-order valence-corrected chi connectivity index (χ3v) is 4.44. The molecule has 0 saturated carbocycles. The molecule has 0 aliphatic carbocycles. The van der Waals surface area contributed by atoms with Crippen molar-refractivity contribution in [1.82, 2.24) is 9.55 Å². The molecule has 0 saturated heterocycles. The minimum atomic E-state index is -0.628. The second-order valence-electron chi connectivity index (χ2n) is 7.00. The maximum Gasteiger partial charge on any atom is 0.196 e. The van der Waals surface area contributed by atoms with Gasteiger partial charge in [-0.2, -0.15) is 0 Å². The predicted molar refractivity (Wildman–Crippen MR) is 102 cm³/mol. The van der Waals surface area contributed by atoms with Crippen LogP contribution in [0, 0.1) is 6.92 Å². The van der Waals surface area contributed by atoms with Gasteiger partial charge in [0.05, 0.1) is 16.6 Å². The number of para-hydroxylation sites is 2. The van der Waals surface area contributed by atoms with Gasteiger partial charge in [-0.05, 0) is 51.0 Å². The van der Waals surface area contributed by atoms with Crippen molar-refractivity contribution < 1.29 is 4.74 Å². The number of hydrogen-bond donors (Lipinski definition) is 0. The smallest absolute Gasteiger partial charge is 0.196 e. The van der Waals surface area contributed by atoms with E-state index in [1.54, 1.807) is 0 Å². The van der Waals surface area contributed by atoms with Crippen LogP contribution < -0.4 is 4.74 Å². The summed E-state index contributed by atoms with van der Waals surface area (Å²) in [5, 5.41) is 0. The molecule has 4 heteroatoms. The fourth-order valence-corrected chi connectivity index (χ4v) is 3.29. The molecule has 4 nitrogen and oxygen atoms in total. The minimum Gasteiger partial charge on any atom is -0.466 e. The highest BCUT2D eigenvalue weighted by Crippen LogP contribution is 2.34. The van der Waals surface area contributed by atoms with Crippen LogP contribution in [0.25, 0.3) is 16.6 Å². The van der Waals surface area contributed by atoms with Crippen molar-refractivity contribution in [3.05, 3.63) is 66.0 Å². The Kier molecular flexibility index (Phi) is 3.32. The normalized spacial score (nSPS) is 15.4. The number of rotatable bonds is 1. The van der Waals surface area contributed by atoms with E-state index in [4.69, 9.17) is 9.73 Å². The van der Waals surface area contributed by atoms with E-state index in [0.717, 1.165) is 44.9 Å². The Morgan fingerprint density at radius 2 is 1.92 bits per heavy atom. The largest absolute Gasteiger partial charge is 0.466 e. The minimum absolute atomic E-state index is 0.628. The van der Waals surface area contributed by atoms with E-state index < -0.39 is 5.72 Å². The van der Waals surface area contributed by atoms with Gasteiger partial charge < -0.3 is 4.74 Å². The number of ether oxygens (including phenoxy) is 1. The van der Waals surface area contributed by atoms with Crippen molar-refractivity contribution in [2.45, 2.75) is 33.4 Å². The number of aryl methyl sites for hydroxylation is 1. The van der Waals surface area contributed by atoms with Crippen LogP contribution in [0.4, 0.5) is 0 Å². The summed E-state index contributed by atoms with van der Waals surface area (Å²) < 4.78 is 8.16. The molecule has 0 amide bonds. The zero-order chi connectivity index (χ0) is 17.8. The number of nitrogens with zero attached hydrogens (tertiary/aromatic N) is 3. The lowest BCUT2D eigenvalue weighted by Crippen LogP contribution is -2.34. The van der Waals surface area contributed by atoms with Crippen molar-refractivity contribution in [2.24, 2.45) is 4.99 Å². The zero-order valence-corrected chi connectivity index (χ0v) is 15.0. The molecule has 0 spiro atoms. The topological polar surface area (TPSA) is 39.4 Å². The van der Waals surface area contributed by atoms with Crippen LogP contribution in [-0.4, -0.2) is 21.1 Å². The number of fused-ring (bicyclic) bond motifs is 2. The van der Waals surface area contributed by atoms with Gasteiger partial charge in [0, 0.05) is 5.56 Å². The molecule has 2 heterocycles. The van der Waals surface area contributed by atoms with Gasteiger partial charge >= 0.3 is 0 Å². The Hall–Kier alpha value is -2.88. The fraction of sp³-hybridized carbons (Fsp3) is 0.238. The average Bonchev–Trinajstić information content (AvgIpc) is 2.98. The van der Waals surface area contributed by atoms with Crippen LogP contribution in [0.15, 0.2) is 54.3 Å². The van der Waals surface area contributed by atoms with Gasteiger partial charge in [0.25, 0.3) is 0 Å². The van der Waals surface area contributed by atoms with Gasteiger partial charge in [0.2, 0.25) is 0 Å². The van der Waals surface area contributed by atoms with Gasteiger partial charge in [-0.3, -0.25) is 4.57 Å². The molecule has 25 heavy (non-hydrogen) atoms. The summed E-state index contributed by atoms with van der Waals surface area (Å²) in [4.78, 5) is 9.50. The lowest BCUT2D eigenvalue weighted by atomic mass is 10.0. The van der Waals surface area contributed by atoms with Crippen molar-refractivity contribution in [3.63, 3.8) is 0 Å². The van der Waals surface area contributed by atoms with Gasteiger partial charge in [-0.25, -0.2) is 9.98 Å². The van der Waals surface area contributed by atoms with Crippen molar-refractivity contribution in [2.75, 3.05) is 0 Å². The summed E-state index contributed by atoms with van der Waals surface area (Å²) in [5.41, 5.74) is 5.48. The average molecular weight is 331 g/mol. The van der Waals surface area contributed by atoms with Gasteiger partial charge in [-0.1, -0.05) is 30.8 Å². The Morgan fingerprint density at radius 1 is 1.16 bits per heavy atom. The van der Waals surface area contributed by atoms with E-state index in [-0.39, 0.29) is 0 Å². The standard InChI is InChI=1S/C21H21N3O/c1-13(2)15-9-7-11-17-18(15)22-12-24(17)20-16-10-6-8-14(3)19(16)25-21(4,5)23-20/h6-12H,1H2,2-5H3. The van der Waals surface area contributed by atoms with E-state index in [9.17, 15) is 0 Å². The first-order valence-corrected chi connectivity index (χ1v) is 8.38. The highest BCUT2D eigenvalue weighted by molar-refractivity contribution is 6.08. The van der Waals surface area contributed by atoms with Crippen LogP contribution in [0.3, 0.4) is 0 Å². The maximum atomic E-state index is 6.12. The molecule has 3 aromatic rings. The van der Waals surface area contributed by atoms with E-state index in [2.05, 4.69) is 36.7 Å². The number of aliphatic imine (C=N–C) groups is 1. The second-order valence-corrected chi connectivity index (χ2v) is 7.00. The Morgan fingerprint density at radius 3 is 2.68 bits per heavy atom. The van der Waals surface area contributed by atoms with Crippen molar-refractivity contribution in [1.29, 1.82) is 0 Å². The Balaban J connectivity index is 2.00. The highest BCUT2D eigenvalue weighted by Gasteiger charge is 2.30. The maximum absolute atomic E-state index is 6.12. The molecule has 126 valence electrons. The molecule has 0 N–H and O–H groups in total. The summed E-state index contributed by atoms with van der Waals surface area (Å²) in [7, 11) is 0. The van der Waals surface area contributed by atoms with E-state index >= 15 is 0 Å². The molecule has 2 aromatic carbocycles. The molecule has 0 atom stereocenters. The molecular formula is C21H21N3O. The fourth-order valence-electron chi connectivity index (χ4n) is 3.29. The van der Waals surface area contributed by atoms with Crippen molar-refractivity contribution in [3.8, 4) is 5.75 Å². The van der Waals surface area contributed by atoms with E-state index in [1.807, 2.05) is 49.9 Å². The van der Waals surface area contributed by atoms with Crippen LogP contribution in [-0.2, 0) is 0 Å². The first kappa shape index (κ1) is 15.6. The van der Waals surface area contributed by atoms with E-state index in [0.29, 0.717) is 0 Å². The molecule has 0 radical (unpaired) electrons. The van der Waals surface area contributed by atoms with Gasteiger partial charge in [0.15, 0.2) is 5.72 Å². The number of benzene rings is 2. The van der Waals surface area contributed by atoms with Crippen LogP contribution in [0.5, 0.6) is 5.75 Å². The molecule has 4 rings (SSSR count). The molecule has 1 aliphatic heterocycles. The predicted octanol–water partition coefficient (Wildman–Crippen LogP) is 4.80. The second kappa shape index (κ2) is 5.31. The van der Waals surface area contributed by atoms with Crippen molar-refractivity contribution >= 4 is 22.4 Å².